The monoisotopic (exact) mass is 490 g/mol. The van der Waals surface area contributed by atoms with Crippen molar-refractivity contribution in [2.45, 2.75) is 12.0 Å². The summed E-state index contributed by atoms with van der Waals surface area (Å²) >= 11 is 0. The number of carbonyl (C=O) groups excluding carboxylic acids is 3. The van der Waals surface area contributed by atoms with Crippen molar-refractivity contribution < 1.29 is 27.9 Å². The lowest BCUT2D eigenvalue weighted by atomic mass is 9.91. The molecule has 1 aromatic heterocycles. The maximum Gasteiger partial charge on any atom is 0.329 e. The third kappa shape index (κ3) is 5.06. The number of imide groups is 1. The van der Waals surface area contributed by atoms with Gasteiger partial charge in [0.05, 0.1) is 24.9 Å². The van der Waals surface area contributed by atoms with Crippen LogP contribution >= 0.6 is 0 Å². The smallest absolute Gasteiger partial charge is 0.329 e. The van der Waals surface area contributed by atoms with E-state index in [0.29, 0.717) is 16.2 Å². The lowest BCUT2D eigenvalue weighted by molar-refractivity contribution is -0.131. The third-order valence-corrected chi connectivity index (χ3v) is 5.36. The number of urea groups is 1. The summed E-state index contributed by atoms with van der Waals surface area (Å²) < 4.78 is 35.0. The number of rotatable bonds is 5. The van der Waals surface area contributed by atoms with Crippen molar-refractivity contribution in [3.8, 4) is 11.8 Å². The Kier molecular flexibility index (Phi) is 7.03. The SMILES string of the molecule is COCC1(C(=O)Nc2cccnc2)CC(=O)N(c2c(F)cc(C#Cc3ccccc3)cc2F)C(=O)N1. The van der Waals surface area contributed by atoms with Crippen LogP contribution in [0.4, 0.5) is 25.0 Å². The highest BCUT2D eigenvalue weighted by molar-refractivity contribution is 6.20. The predicted octanol–water partition coefficient (Wildman–Crippen LogP) is 3.23. The number of methoxy groups -OCH3 is 1. The summed E-state index contributed by atoms with van der Waals surface area (Å²) in [4.78, 5) is 43.2. The minimum absolute atomic E-state index is 0.0204. The van der Waals surface area contributed by atoms with Gasteiger partial charge in [0.15, 0.2) is 17.2 Å². The van der Waals surface area contributed by atoms with Crippen LogP contribution in [0.5, 0.6) is 0 Å². The number of anilines is 2. The second-order valence-electron chi connectivity index (χ2n) is 7.95. The standard InChI is InChI=1S/C26H20F2N4O4/c1-36-16-26(24(34)30-19-8-5-11-29-15-19)14-22(33)32(25(35)31-26)23-20(27)12-18(13-21(23)28)10-9-17-6-3-2-4-7-17/h2-8,11-13,15H,14,16H2,1H3,(H,30,34)(H,31,35). The van der Waals surface area contributed by atoms with E-state index < -0.39 is 47.1 Å². The van der Waals surface area contributed by atoms with Gasteiger partial charge in [-0.2, -0.15) is 0 Å². The molecule has 2 N–H and O–H groups in total. The van der Waals surface area contributed by atoms with Crippen molar-refractivity contribution in [3.05, 3.63) is 89.8 Å². The largest absolute Gasteiger partial charge is 0.382 e. The highest BCUT2D eigenvalue weighted by Gasteiger charge is 2.50. The van der Waals surface area contributed by atoms with Gasteiger partial charge in [0.2, 0.25) is 5.91 Å². The molecule has 1 atom stereocenters. The molecule has 4 amide bonds. The Bertz CT molecular complexity index is 1330. The van der Waals surface area contributed by atoms with E-state index in [2.05, 4.69) is 27.5 Å². The first-order chi connectivity index (χ1) is 17.3. The Morgan fingerprint density at radius 3 is 2.42 bits per heavy atom. The lowest BCUT2D eigenvalue weighted by Crippen LogP contribution is -2.69. The molecule has 0 radical (unpaired) electrons. The molecule has 36 heavy (non-hydrogen) atoms. The molecule has 0 spiro atoms. The van der Waals surface area contributed by atoms with Gasteiger partial charge in [-0.1, -0.05) is 30.0 Å². The Morgan fingerprint density at radius 2 is 1.81 bits per heavy atom. The van der Waals surface area contributed by atoms with Crippen molar-refractivity contribution in [2.75, 3.05) is 23.9 Å². The molecule has 0 aliphatic carbocycles. The maximum absolute atomic E-state index is 15.0. The van der Waals surface area contributed by atoms with Gasteiger partial charge in [-0.25, -0.2) is 18.5 Å². The summed E-state index contributed by atoms with van der Waals surface area (Å²) in [7, 11) is 1.29. The summed E-state index contributed by atoms with van der Waals surface area (Å²) in [6.07, 6.45) is 2.28. The van der Waals surface area contributed by atoms with E-state index in [9.17, 15) is 23.2 Å². The first-order valence-corrected chi connectivity index (χ1v) is 10.7. The number of amides is 4. The second kappa shape index (κ2) is 10.3. The average molecular weight is 490 g/mol. The van der Waals surface area contributed by atoms with Crippen molar-refractivity contribution in [1.29, 1.82) is 0 Å². The molecule has 1 aliphatic heterocycles. The molecular weight excluding hydrogens is 470 g/mol. The van der Waals surface area contributed by atoms with Gasteiger partial charge in [-0.3, -0.25) is 14.6 Å². The highest BCUT2D eigenvalue weighted by atomic mass is 19.1. The fourth-order valence-corrected chi connectivity index (χ4v) is 3.72. The zero-order valence-electron chi connectivity index (χ0n) is 19.0. The number of benzene rings is 2. The Morgan fingerprint density at radius 1 is 1.11 bits per heavy atom. The number of halogens is 2. The number of hydrogen-bond acceptors (Lipinski definition) is 5. The van der Waals surface area contributed by atoms with Crippen LogP contribution in [-0.2, 0) is 14.3 Å². The van der Waals surface area contributed by atoms with Gasteiger partial charge >= 0.3 is 6.03 Å². The number of ether oxygens (including phenoxy) is 1. The topological polar surface area (TPSA) is 101 Å². The van der Waals surface area contributed by atoms with E-state index in [1.54, 1.807) is 36.4 Å². The van der Waals surface area contributed by atoms with Gasteiger partial charge in [-0.15, -0.1) is 0 Å². The molecule has 4 rings (SSSR count). The predicted molar refractivity (Wildman–Crippen MR) is 127 cm³/mol. The highest BCUT2D eigenvalue weighted by Crippen LogP contribution is 2.30. The number of aromatic nitrogens is 1. The van der Waals surface area contributed by atoms with Crippen molar-refractivity contribution in [2.24, 2.45) is 0 Å². The Hall–Kier alpha value is -4.62. The normalized spacial score (nSPS) is 17.1. The molecule has 1 aliphatic rings. The van der Waals surface area contributed by atoms with E-state index in [1.807, 2.05) is 6.07 Å². The van der Waals surface area contributed by atoms with Crippen LogP contribution in [0.15, 0.2) is 67.0 Å². The molecule has 1 fully saturated rings. The number of carbonyl (C=O) groups is 3. The van der Waals surface area contributed by atoms with Crippen molar-refractivity contribution >= 4 is 29.2 Å². The van der Waals surface area contributed by atoms with Gasteiger partial charge in [-0.05, 0) is 36.4 Å². The van der Waals surface area contributed by atoms with E-state index >= 15 is 0 Å². The van der Waals surface area contributed by atoms with Crippen LogP contribution in [0.3, 0.4) is 0 Å². The molecule has 2 aromatic carbocycles. The molecule has 0 saturated carbocycles. The number of nitrogens with one attached hydrogen (secondary N) is 2. The summed E-state index contributed by atoms with van der Waals surface area (Å²) in [6, 6.07) is 12.7. The molecule has 0 bridgehead atoms. The zero-order chi connectivity index (χ0) is 25.7. The molecule has 1 saturated heterocycles. The summed E-state index contributed by atoms with van der Waals surface area (Å²) in [5.74, 6) is 1.39. The van der Waals surface area contributed by atoms with Crippen LogP contribution in [0, 0.1) is 23.5 Å². The molecule has 182 valence electrons. The van der Waals surface area contributed by atoms with Crippen LogP contribution in [0.2, 0.25) is 0 Å². The first-order valence-electron chi connectivity index (χ1n) is 10.7. The molecular formula is C26H20F2N4O4. The van der Waals surface area contributed by atoms with Crippen LogP contribution in [0.1, 0.15) is 17.5 Å². The minimum Gasteiger partial charge on any atom is -0.382 e. The van der Waals surface area contributed by atoms with Crippen LogP contribution in [0.25, 0.3) is 0 Å². The summed E-state index contributed by atoms with van der Waals surface area (Å²) in [5.41, 5.74) is -1.67. The van der Waals surface area contributed by atoms with Gasteiger partial charge < -0.3 is 15.4 Å². The molecule has 10 heteroatoms. The van der Waals surface area contributed by atoms with E-state index in [0.717, 1.165) is 12.1 Å². The number of pyridine rings is 1. The quantitative estimate of drug-likeness (QED) is 0.535. The fraction of sp³-hybridized carbons (Fsp3) is 0.154. The van der Waals surface area contributed by atoms with Crippen LogP contribution in [-0.4, -0.2) is 42.1 Å². The molecule has 2 heterocycles. The molecule has 3 aromatic rings. The Balaban J connectivity index is 1.60. The van der Waals surface area contributed by atoms with Crippen molar-refractivity contribution in [3.63, 3.8) is 0 Å². The number of hydrogen-bond donors (Lipinski definition) is 2. The molecule has 1 unspecified atom stereocenters. The molecule has 8 nitrogen and oxygen atoms in total. The van der Waals surface area contributed by atoms with E-state index in [-0.39, 0.29) is 12.2 Å². The second-order valence-corrected chi connectivity index (χ2v) is 7.95. The lowest BCUT2D eigenvalue weighted by Gasteiger charge is -2.39. The Labute approximate surface area is 205 Å². The van der Waals surface area contributed by atoms with Gasteiger partial charge in [0.25, 0.3) is 5.91 Å². The first kappa shape index (κ1) is 24.5. The minimum atomic E-state index is -1.80. The summed E-state index contributed by atoms with van der Waals surface area (Å²) in [5, 5.41) is 4.95. The maximum atomic E-state index is 15.0. The van der Waals surface area contributed by atoms with E-state index in [1.165, 1.54) is 19.5 Å². The van der Waals surface area contributed by atoms with E-state index in [4.69, 9.17) is 4.74 Å². The van der Waals surface area contributed by atoms with Crippen molar-refractivity contribution in [1.82, 2.24) is 10.3 Å². The fourth-order valence-electron chi connectivity index (χ4n) is 3.72. The zero-order valence-corrected chi connectivity index (χ0v) is 19.0. The number of nitrogens with zero attached hydrogens (tertiary/aromatic N) is 2. The average Bonchev–Trinajstić information content (AvgIpc) is 2.85. The third-order valence-electron chi connectivity index (χ3n) is 5.36. The van der Waals surface area contributed by atoms with Gasteiger partial charge in [0.1, 0.15) is 5.69 Å². The van der Waals surface area contributed by atoms with Gasteiger partial charge in [0, 0.05) is 24.4 Å². The summed E-state index contributed by atoms with van der Waals surface area (Å²) in [6.45, 7) is -0.358. The van der Waals surface area contributed by atoms with Crippen LogP contribution < -0.4 is 15.5 Å².